The van der Waals surface area contributed by atoms with Crippen molar-refractivity contribution in [1.82, 2.24) is 9.55 Å². The normalized spacial score (nSPS) is 10.2. The number of hydrogen-bond acceptors (Lipinski definition) is 6. The first-order chi connectivity index (χ1) is 9.17. The lowest BCUT2D eigenvalue weighted by Gasteiger charge is -2.07. The van der Waals surface area contributed by atoms with Crippen molar-refractivity contribution in [2.24, 2.45) is 7.05 Å². The van der Waals surface area contributed by atoms with Gasteiger partial charge in [-0.05, 0) is 0 Å². The van der Waals surface area contributed by atoms with Crippen molar-refractivity contribution in [3.63, 3.8) is 0 Å². The van der Waals surface area contributed by atoms with Crippen LogP contribution in [0.4, 0.5) is 10.7 Å². The van der Waals surface area contributed by atoms with Gasteiger partial charge in [0.2, 0.25) is 0 Å². The van der Waals surface area contributed by atoms with Crippen molar-refractivity contribution in [3.8, 4) is 11.8 Å². The molecule has 2 rings (SSSR count). The number of thiophene rings is 1. The number of nitrogen functional groups attached to an aromatic ring is 1. The number of nitrogens with one attached hydrogen (secondary N) is 1. The molecule has 0 aromatic carbocycles. The Bertz CT molecular complexity index is 610. The maximum Gasteiger partial charge on any atom is 0.177 e. The molecule has 0 saturated carbocycles. The highest BCUT2D eigenvalue weighted by Gasteiger charge is 2.16. The zero-order valence-electron chi connectivity index (χ0n) is 10.8. The molecule has 0 spiro atoms. The fourth-order valence-electron chi connectivity index (χ4n) is 1.76. The zero-order chi connectivity index (χ0) is 13.8. The van der Waals surface area contributed by atoms with E-state index in [1.807, 2.05) is 17.8 Å². The molecule has 0 atom stereocenters. The lowest BCUT2D eigenvalue weighted by atomic mass is 10.3. The Balaban J connectivity index is 2.04. The minimum absolute atomic E-state index is 0.398. The smallest absolute Gasteiger partial charge is 0.177 e. The van der Waals surface area contributed by atoms with Crippen LogP contribution < -0.4 is 15.8 Å². The van der Waals surface area contributed by atoms with E-state index in [2.05, 4.69) is 16.4 Å². The van der Waals surface area contributed by atoms with E-state index in [-0.39, 0.29) is 0 Å². The van der Waals surface area contributed by atoms with Gasteiger partial charge in [0.25, 0.3) is 0 Å². The number of anilines is 2. The number of methoxy groups -OCH3 is 1. The third-order valence-electron chi connectivity index (χ3n) is 2.76. The number of nitrogens with zero attached hydrogens (tertiary/aromatic N) is 3. The molecule has 2 aromatic heterocycles. The molecule has 2 heterocycles. The molecule has 0 amide bonds. The standard InChI is InChI=1S/C12H15N5OS/c1-17-6-5-15-9(17)3-4-16-12-11(18-2)10(14)8(7-13)19-12/h5-6,16H,3-4,14H2,1-2H3. The minimum atomic E-state index is 0.398. The first kappa shape index (κ1) is 13.2. The van der Waals surface area contributed by atoms with E-state index in [4.69, 9.17) is 15.7 Å². The van der Waals surface area contributed by atoms with Gasteiger partial charge in [0.05, 0.1) is 7.11 Å². The van der Waals surface area contributed by atoms with E-state index in [0.29, 0.717) is 22.9 Å². The highest BCUT2D eigenvalue weighted by molar-refractivity contribution is 7.17. The van der Waals surface area contributed by atoms with Crippen LogP contribution in [-0.4, -0.2) is 23.2 Å². The average Bonchev–Trinajstić information content (AvgIpc) is 2.94. The summed E-state index contributed by atoms with van der Waals surface area (Å²) in [4.78, 5) is 4.72. The van der Waals surface area contributed by atoms with E-state index in [0.717, 1.165) is 17.2 Å². The summed E-state index contributed by atoms with van der Waals surface area (Å²) in [5, 5.41) is 13.0. The first-order valence-corrected chi connectivity index (χ1v) is 6.55. The van der Waals surface area contributed by atoms with Gasteiger partial charge in [-0.3, -0.25) is 0 Å². The lowest BCUT2D eigenvalue weighted by molar-refractivity contribution is 0.420. The molecule has 0 aliphatic rings. The molecular formula is C12H15N5OS. The van der Waals surface area contributed by atoms with Crippen LogP contribution >= 0.6 is 11.3 Å². The molecule has 0 aliphatic carbocycles. The molecule has 0 radical (unpaired) electrons. The van der Waals surface area contributed by atoms with E-state index in [1.54, 1.807) is 13.3 Å². The van der Waals surface area contributed by atoms with Gasteiger partial charge in [-0.15, -0.1) is 11.3 Å². The Morgan fingerprint density at radius 1 is 1.63 bits per heavy atom. The number of hydrogen-bond donors (Lipinski definition) is 2. The van der Waals surface area contributed by atoms with Crippen LogP contribution in [0, 0.1) is 11.3 Å². The van der Waals surface area contributed by atoms with Gasteiger partial charge in [-0.2, -0.15) is 5.26 Å². The SMILES string of the molecule is COc1c(NCCc2nccn2C)sc(C#N)c1N. The van der Waals surface area contributed by atoms with Crippen molar-refractivity contribution in [1.29, 1.82) is 5.26 Å². The van der Waals surface area contributed by atoms with Gasteiger partial charge in [-0.1, -0.05) is 0 Å². The van der Waals surface area contributed by atoms with Crippen molar-refractivity contribution in [2.75, 3.05) is 24.7 Å². The van der Waals surface area contributed by atoms with Crippen LogP contribution in [0.3, 0.4) is 0 Å². The van der Waals surface area contributed by atoms with Crippen LogP contribution in [0.5, 0.6) is 5.75 Å². The van der Waals surface area contributed by atoms with Crippen LogP contribution in [0.1, 0.15) is 10.7 Å². The molecule has 19 heavy (non-hydrogen) atoms. The Hall–Kier alpha value is -2.20. The molecular weight excluding hydrogens is 262 g/mol. The summed E-state index contributed by atoms with van der Waals surface area (Å²) in [5.41, 5.74) is 6.22. The molecule has 0 aliphatic heterocycles. The van der Waals surface area contributed by atoms with Crippen molar-refractivity contribution >= 4 is 22.0 Å². The number of rotatable bonds is 5. The van der Waals surface area contributed by atoms with Gasteiger partial charge < -0.3 is 20.4 Å². The second-order valence-corrected chi connectivity index (χ2v) is 4.97. The summed E-state index contributed by atoms with van der Waals surface area (Å²) < 4.78 is 7.20. The summed E-state index contributed by atoms with van der Waals surface area (Å²) in [6.07, 6.45) is 4.46. The molecule has 0 saturated heterocycles. The summed E-state index contributed by atoms with van der Waals surface area (Å²) in [6.45, 7) is 0.700. The fraction of sp³-hybridized carbons (Fsp3) is 0.333. The zero-order valence-corrected chi connectivity index (χ0v) is 11.6. The van der Waals surface area contributed by atoms with Gasteiger partial charge >= 0.3 is 0 Å². The first-order valence-electron chi connectivity index (χ1n) is 5.73. The van der Waals surface area contributed by atoms with E-state index in [9.17, 15) is 0 Å². The van der Waals surface area contributed by atoms with Crippen molar-refractivity contribution < 1.29 is 4.74 Å². The second-order valence-electron chi connectivity index (χ2n) is 3.95. The number of nitrogens with two attached hydrogens (primary N) is 1. The monoisotopic (exact) mass is 277 g/mol. The molecule has 3 N–H and O–H groups in total. The summed E-state index contributed by atoms with van der Waals surface area (Å²) in [6, 6.07) is 2.06. The van der Waals surface area contributed by atoms with Crippen molar-refractivity contribution in [2.45, 2.75) is 6.42 Å². The third kappa shape index (κ3) is 2.63. The Morgan fingerprint density at radius 2 is 2.42 bits per heavy atom. The molecule has 100 valence electrons. The van der Waals surface area contributed by atoms with Crippen LogP contribution in [-0.2, 0) is 13.5 Å². The molecule has 2 aromatic rings. The molecule has 0 fully saturated rings. The molecule has 0 unspecified atom stereocenters. The van der Waals surface area contributed by atoms with Crippen LogP contribution in [0.2, 0.25) is 0 Å². The average molecular weight is 277 g/mol. The molecule has 7 heteroatoms. The molecule has 6 nitrogen and oxygen atoms in total. The van der Waals surface area contributed by atoms with Gasteiger partial charge in [0, 0.05) is 32.4 Å². The van der Waals surface area contributed by atoms with Crippen LogP contribution in [0.15, 0.2) is 12.4 Å². The number of ether oxygens (including phenoxy) is 1. The van der Waals surface area contributed by atoms with E-state index in [1.165, 1.54) is 11.3 Å². The number of aryl methyl sites for hydroxylation is 1. The maximum atomic E-state index is 8.95. The largest absolute Gasteiger partial charge is 0.492 e. The van der Waals surface area contributed by atoms with Gasteiger partial charge in [0.1, 0.15) is 27.5 Å². The predicted octanol–water partition coefficient (Wildman–Crippen LogP) is 1.60. The predicted molar refractivity (Wildman–Crippen MR) is 75.4 cm³/mol. The van der Waals surface area contributed by atoms with Crippen LogP contribution in [0.25, 0.3) is 0 Å². The summed E-state index contributed by atoms with van der Waals surface area (Å²) in [7, 11) is 3.50. The number of nitriles is 1. The van der Waals surface area contributed by atoms with Crippen molar-refractivity contribution in [3.05, 3.63) is 23.1 Å². The number of aromatic nitrogens is 2. The van der Waals surface area contributed by atoms with Gasteiger partial charge in [-0.25, -0.2) is 4.98 Å². The minimum Gasteiger partial charge on any atom is -0.492 e. The Kier molecular flexibility index (Phi) is 3.92. The van der Waals surface area contributed by atoms with Gasteiger partial charge in [0.15, 0.2) is 5.75 Å². The highest BCUT2D eigenvalue weighted by Crippen LogP contribution is 2.41. The van der Waals surface area contributed by atoms with E-state index < -0.39 is 0 Å². The number of imidazole rings is 1. The third-order valence-corrected chi connectivity index (χ3v) is 3.81. The highest BCUT2D eigenvalue weighted by atomic mass is 32.1. The Morgan fingerprint density at radius 3 is 3.00 bits per heavy atom. The topological polar surface area (TPSA) is 88.9 Å². The maximum absolute atomic E-state index is 8.95. The lowest BCUT2D eigenvalue weighted by Crippen LogP contribution is -2.08. The second kappa shape index (κ2) is 5.63. The summed E-state index contributed by atoms with van der Waals surface area (Å²) in [5.74, 6) is 1.54. The quantitative estimate of drug-likeness (QED) is 0.866. The Labute approximate surface area is 115 Å². The van der Waals surface area contributed by atoms with E-state index >= 15 is 0 Å². The molecule has 0 bridgehead atoms. The summed E-state index contributed by atoms with van der Waals surface area (Å²) >= 11 is 1.30. The fourth-order valence-corrected chi connectivity index (χ4v) is 2.67.